The lowest BCUT2D eigenvalue weighted by Gasteiger charge is -2.10. The van der Waals surface area contributed by atoms with Crippen LogP contribution in [0.2, 0.25) is 0 Å². The maximum atomic E-state index is 12.4. The lowest BCUT2D eigenvalue weighted by atomic mass is 9.99. The maximum Gasteiger partial charge on any atom is 0.251 e. The number of rotatable bonds is 10. The van der Waals surface area contributed by atoms with Crippen LogP contribution in [-0.4, -0.2) is 39.4 Å². The lowest BCUT2D eigenvalue weighted by molar-refractivity contribution is 0.0688. The molecule has 2 aromatic carbocycles. The molecule has 0 saturated heterocycles. The summed E-state index contributed by atoms with van der Waals surface area (Å²) in [7, 11) is 1.65. The molecule has 0 aliphatic rings. The van der Waals surface area contributed by atoms with Crippen molar-refractivity contribution in [1.82, 2.24) is 5.32 Å². The molecule has 0 bridgehead atoms. The fourth-order valence-corrected chi connectivity index (χ4v) is 2.43. The third-order valence-electron chi connectivity index (χ3n) is 3.68. The van der Waals surface area contributed by atoms with E-state index >= 15 is 0 Å². The van der Waals surface area contributed by atoms with Gasteiger partial charge in [0.15, 0.2) is 0 Å². The molecule has 4 heteroatoms. The summed E-state index contributed by atoms with van der Waals surface area (Å²) in [6.07, 6.45) is 1.54. The maximum absolute atomic E-state index is 12.4. The van der Waals surface area contributed by atoms with Gasteiger partial charge in [0, 0.05) is 25.8 Å². The Morgan fingerprint density at radius 1 is 0.958 bits per heavy atom. The minimum atomic E-state index is -0.0292. The first-order chi connectivity index (χ1) is 11.8. The fraction of sp³-hybridized carbons (Fsp3) is 0.350. The second-order valence-electron chi connectivity index (χ2n) is 5.53. The summed E-state index contributed by atoms with van der Waals surface area (Å²) in [5, 5.41) is 2.97. The predicted octanol–water partition coefficient (Wildman–Crippen LogP) is 3.06. The quantitative estimate of drug-likeness (QED) is 0.682. The second kappa shape index (κ2) is 10.6. The van der Waals surface area contributed by atoms with Crippen LogP contribution >= 0.6 is 0 Å². The first-order valence-corrected chi connectivity index (χ1v) is 8.28. The molecule has 0 atom stereocenters. The summed E-state index contributed by atoms with van der Waals surface area (Å²) in [6.45, 7) is 2.41. The Morgan fingerprint density at radius 3 is 2.50 bits per heavy atom. The molecule has 0 spiro atoms. The number of nitrogens with one attached hydrogen (secondary N) is 1. The highest BCUT2D eigenvalue weighted by atomic mass is 16.5. The van der Waals surface area contributed by atoms with Gasteiger partial charge in [-0.25, -0.2) is 0 Å². The van der Waals surface area contributed by atoms with E-state index in [9.17, 15) is 4.79 Å². The van der Waals surface area contributed by atoms with Crippen LogP contribution in [0.15, 0.2) is 54.6 Å². The van der Waals surface area contributed by atoms with Crippen LogP contribution in [0.3, 0.4) is 0 Å². The molecule has 2 aromatic rings. The smallest absolute Gasteiger partial charge is 0.251 e. The molecule has 0 radical (unpaired) electrons. The van der Waals surface area contributed by atoms with Crippen molar-refractivity contribution in [2.24, 2.45) is 0 Å². The highest BCUT2D eigenvalue weighted by Gasteiger charge is 2.10. The van der Waals surface area contributed by atoms with E-state index in [0.717, 1.165) is 24.0 Å². The van der Waals surface area contributed by atoms with E-state index in [1.165, 1.54) is 5.56 Å². The number of hydrogen-bond acceptors (Lipinski definition) is 3. The Balaban J connectivity index is 1.83. The molecular weight excluding hydrogens is 302 g/mol. The summed E-state index contributed by atoms with van der Waals surface area (Å²) >= 11 is 0. The molecule has 0 aliphatic heterocycles. The minimum absolute atomic E-state index is 0.0292. The van der Waals surface area contributed by atoms with Gasteiger partial charge in [-0.3, -0.25) is 4.79 Å². The van der Waals surface area contributed by atoms with Crippen LogP contribution < -0.4 is 5.32 Å². The average molecular weight is 327 g/mol. The number of ether oxygens (including phenoxy) is 2. The van der Waals surface area contributed by atoms with Crippen molar-refractivity contribution < 1.29 is 14.3 Å². The number of benzene rings is 2. The van der Waals surface area contributed by atoms with E-state index in [0.29, 0.717) is 26.4 Å². The zero-order valence-corrected chi connectivity index (χ0v) is 14.2. The van der Waals surface area contributed by atoms with Crippen molar-refractivity contribution in [3.05, 3.63) is 71.3 Å². The van der Waals surface area contributed by atoms with Crippen LogP contribution in [0.25, 0.3) is 0 Å². The van der Waals surface area contributed by atoms with E-state index in [1.807, 2.05) is 42.5 Å². The molecule has 4 nitrogen and oxygen atoms in total. The topological polar surface area (TPSA) is 47.6 Å². The lowest BCUT2D eigenvalue weighted by Crippen LogP contribution is -2.26. The molecular formula is C20H25NO3. The predicted molar refractivity (Wildman–Crippen MR) is 95.3 cm³/mol. The fourth-order valence-electron chi connectivity index (χ4n) is 2.43. The van der Waals surface area contributed by atoms with Crippen molar-refractivity contribution in [2.75, 3.05) is 33.5 Å². The molecule has 0 heterocycles. The molecule has 0 aliphatic carbocycles. The van der Waals surface area contributed by atoms with E-state index in [-0.39, 0.29) is 5.91 Å². The molecule has 2 rings (SSSR count). The van der Waals surface area contributed by atoms with Gasteiger partial charge >= 0.3 is 0 Å². The highest BCUT2D eigenvalue weighted by molar-refractivity contribution is 5.95. The molecule has 0 saturated carbocycles. The monoisotopic (exact) mass is 327 g/mol. The number of carbonyl (C=O) groups is 1. The van der Waals surface area contributed by atoms with Gasteiger partial charge in [-0.05, 0) is 30.0 Å². The van der Waals surface area contributed by atoms with Gasteiger partial charge in [-0.1, -0.05) is 48.5 Å². The van der Waals surface area contributed by atoms with Crippen molar-refractivity contribution >= 4 is 5.91 Å². The van der Waals surface area contributed by atoms with Crippen molar-refractivity contribution in [1.29, 1.82) is 0 Å². The van der Waals surface area contributed by atoms with Crippen molar-refractivity contribution in [3.63, 3.8) is 0 Å². The summed E-state index contributed by atoms with van der Waals surface area (Å²) < 4.78 is 10.3. The van der Waals surface area contributed by atoms with Crippen LogP contribution in [0.1, 0.15) is 27.9 Å². The van der Waals surface area contributed by atoms with Crippen molar-refractivity contribution in [2.45, 2.75) is 12.8 Å². The number of methoxy groups -OCH3 is 1. The Morgan fingerprint density at radius 2 is 1.71 bits per heavy atom. The zero-order chi connectivity index (χ0) is 17.0. The summed E-state index contributed by atoms with van der Waals surface area (Å²) in [4.78, 5) is 12.4. The molecule has 1 N–H and O–H groups in total. The van der Waals surface area contributed by atoms with Crippen LogP contribution in [0.5, 0.6) is 0 Å². The normalized spacial score (nSPS) is 10.5. The van der Waals surface area contributed by atoms with Gasteiger partial charge in [-0.2, -0.15) is 0 Å². The minimum Gasteiger partial charge on any atom is -0.382 e. The number of hydrogen-bond donors (Lipinski definition) is 1. The molecule has 1 amide bonds. The van der Waals surface area contributed by atoms with Gasteiger partial charge < -0.3 is 14.8 Å². The number of amides is 1. The Bertz CT molecular complexity index is 613. The first-order valence-electron chi connectivity index (χ1n) is 8.28. The molecule has 128 valence electrons. The van der Waals surface area contributed by atoms with Gasteiger partial charge in [0.05, 0.1) is 13.2 Å². The van der Waals surface area contributed by atoms with E-state index in [1.54, 1.807) is 7.11 Å². The standard InChI is InChI=1S/C20H25NO3/c1-23-14-15-24-13-7-12-21-20(22)19-11-6-5-10-18(19)16-17-8-3-2-4-9-17/h2-6,8-11H,7,12-16H2,1H3,(H,21,22). The Kier molecular flexibility index (Phi) is 8.01. The number of carbonyl (C=O) groups excluding carboxylic acids is 1. The summed E-state index contributed by atoms with van der Waals surface area (Å²) in [6, 6.07) is 17.9. The summed E-state index contributed by atoms with van der Waals surface area (Å²) in [5.41, 5.74) is 2.98. The largest absolute Gasteiger partial charge is 0.382 e. The third-order valence-corrected chi connectivity index (χ3v) is 3.68. The van der Waals surface area contributed by atoms with Crippen LogP contribution in [0.4, 0.5) is 0 Å². The van der Waals surface area contributed by atoms with E-state index < -0.39 is 0 Å². The Hall–Kier alpha value is -2.17. The molecule has 24 heavy (non-hydrogen) atoms. The average Bonchev–Trinajstić information content (AvgIpc) is 2.62. The first kappa shape index (κ1) is 18.2. The summed E-state index contributed by atoms with van der Waals surface area (Å²) in [5.74, 6) is -0.0292. The van der Waals surface area contributed by atoms with Gasteiger partial charge in [-0.15, -0.1) is 0 Å². The molecule has 0 aromatic heterocycles. The SMILES string of the molecule is COCCOCCCNC(=O)c1ccccc1Cc1ccccc1. The molecule has 0 fully saturated rings. The zero-order valence-electron chi connectivity index (χ0n) is 14.2. The Labute approximate surface area is 143 Å². The highest BCUT2D eigenvalue weighted by Crippen LogP contribution is 2.14. The van der Waals surface area contributed by atoms with Crippen molar-refractivity contribution in [3.8, 4) is 0 Å². The van der Waals surface area contributed by atoms with Gasteiger partial charge in [0.25, 0.3) is 5.91 Å². The second-order valence-corrected chi connectivity index (χ2v) is 5.53. The van der Waals surface area contributed by atoms with Crippen LogP contribution in [-0.2, 0) is 15.9 Å². The van der Waals surface area contributed by atoms with E-state index in [4.69, 9.17) is 9.47 Å². The van der Waals surface area contributed by atoms with E-state index in [2.05, 4.69) is 17.4 Å². The van der Waals surface area contributed by atoms with Gasteiger partial charge in [0.1, 0.15) is 0 Å². The van der Waals surface area contributed by atoms with Crippen LogP contribution in [0, 0.1) is 0 Å². The third kappa shape index (κ3) is 6.14. The van der Waals surface area contributed by atoms with Gasteiger partial charge in [0.2, 0.25) is 0 Å². The molecule has 0 unspecified atom stereocenters.